The van der Waals surface area contributed by atoms with Crippen LogP contribution < -0.4 is 16.2 Å². The average Bonchev–Trinajstić information content (AvgIpc) is 2.47. The van der Waals surface area contributed by atoms with Gasteiger partial charge in [-0.15, -0.1) is 12.4 Å². The van der Waals surface area contributed by atoms with Crippen molar-refractivity contribution in [3.63, 3.8) is 0 Å². The zero-order chi connectivity index (χ0) is 14.7. The predicted octanol–water partition coefficient (Wildman–Crippen LogP) is 0.603. The molecule has 2 aromatic rings. The van der Waals surface area contributed by atoms with Crippen molar-refractivity contribution in [2.24, 2.45) is 5.92 Å². The Labute approximate surface area is 134 Å². The molecule has 3 rings (SSSR count). The Hall–Kier alpha value is -2.18. The van der Waals surface area contributed by atoms with Crippen molar-refractivity contribution in [2.75, 3.05) is 19.6 Å². The van der Waals surface area contributed by atoms with Gasteiger partial charge in [0, 0.05) is 31.6 Å². The van der Waals surface area contributed by atoms with E-state index in [4.69, 9.17) is 0 Å². The van der Waals surface area contributed by atoms with E-state index in [0.717, 1.165) is 13.1 Å². The summed E-state index contributed by atoms with van der Waals surface area (Å²) in [7, 11) is 0. The van der Waals surface area contributed by atoms with Crippen LogP contribution in [0.2, 0.25) is 0 Å². The first-order chi connectivity index (χ1) is 10.2. The number of amides is 1. The second-order valence-electron chi connectivity index (χ2n) is 5.04. The lowest BCUT2D eigenvalue weighted by molar-refractivity contribution is 0.0935. The smallest absolute Gasteiger partial charge is 0.271 e. The van der Waals surface area contributed by atoms with Crippen LogP contribution in [0.5, 0.6) is 0 Å². The highest BCUT2D eigenvalue weighted by molar-refractivity contribution is 5.92. The van der Waals surface area contributed by atoms with Crippen LogP contribution in [-0.4, -0.2) is 35.3 Å². The van der Waals surface area contributed by atoms with Gasteiger partial charge in [0.2, 0.25) is 0 Å². The van der Waals surface area contributed by atoms with Gasteiger partial charge in [-0.2, -0.15) is 9.78 Å². The Balaban J connectivity index is 0.00000176. The molecular weight excluding hydrogens is 304 g/mol. The number of nitrogens with one attached hydrogen (secondary N) is 2. The van der Waals surface area contributed by atoms with Gasteiger partial charge in [-0.1, -0.05) is 18.2 Å². The molecule has 0 spiro atoms. The fourth-order valence-electron chi connectivity index (χ4n) is 2.11. The minimum Gasteiger partial charge on any atom is -0.350 e. The Morgan fingerprint density at radius 1 is 1.23 bits per heavy atom. The highest BCUT2D eigenvalue weighted by Crippen LogP contribution is 2.04. The molecule has 1 fully saturated rings. The Morgan fingerprint density at radius 2 is 1.95 bits per heavy atom. The van der Waals surface area contributed by atoms with Gasteiger partial charge in [-0.05, 0) is 18.2 Å². The summed E-state index contributed by atoms with van der Waals surface area (Å²) in [6, 6.07) is 11.9. The molecule has 0 saturated carbocycles. The number of halogens is 1. The SMILES string of the molecule is Cl.O=C(NCC1CNC1)c1ccc(=O)n(-c2ccccc2)n1. The first kappa shape index (κ1) is 16.2. The molecule has 1 aliphatic rings. The molecule has 0 aliphatic carbocycles. The van der Waals surface area contributed by atoms with Crippen molar-refractivity contribution >= 4 is 18.3 Å². The number of aromatic nitrogens is 2. The van der Waals surface area contributed by atoms with Gasteiger partial charge in [0.15, 0.2) is 0 Å². The maximum Gasteiger partial charge on any atom is 0.271 e. The highest BCUT2D eigenvalue weighted by atomic mass is 35.5. The van der Waals surface area contributed by atoms with E-state index >= 15 is 0 Å². The lowest BCUT2D eigenvalue weighted by atomic mass is 10.0. The topological polar surface area (TPSA) is 76.0 Å². The van der Waals surface area contributed by atoms with Gasteiger partial charge in [0.25, 0.3) is 11.5 Å². The number of carbonyl (C=O) groups is 1. The Morgan fingerprint density at radius 3 is 2.59 bits per heavy atom. The molecule has 1 aliphatic heterocycles. The first-order valence-electron chi connectivity index (χ1n) is 6.89. The molecule has 1 amide bonds. The predicted molar refractivity (Wildman–Crippen MR) is 85.8 cm³/mol. The van der Waals surface area contributed by atoms with Crippen LogP contribution in [0.15, 0.2) is 47.3 Å². The summed E-state index contributed by atoms with van der Waals surface area (Å²) in [5.74, 6) is 0.223. The van der Waals surface area contributed by atoms with Crippen molar-refractivity contribution in [1.29, 1.82) is 0 Å². The second-order valence-corrected chi connectivity index (χ2v) is 5.04. The molecule has 7 heteroatoms. The maximum atomic E-state index is 12.1. The molecule has 0 atom stereocenters. The molecule has 0 bridgehead atoms. The van der Waals surface area contributed by atoms with E-state index in [1.807, 2.05) is 18.2 Å². The second kappa shape index (κ2) is 7.20. The van der Waals surface area contributed by atoms with Gasteiger partial charge >= 0.3 is 0 Å². The summed E-state index contributed by atoms with van der Waals surface area (Å²) in [4.78, 5) is 24.0. The number of benzene rings is 1. The minimum atomic E-state index is -0.263. The third-order valence-electron chi connectivity index (χ3n) is 3.45. The molecule has 0 unspecified atom stereocenters. The highest BCUT2D eigenvalue weighted by Gasteiger charge is 2.18. The number of rotatable bonds is 4. The van der Waals surface area contributed by atoms with Gasteiger partial charge < -0.3 is 10.6 Å². The number of nitrogens with zero attached hydrogens (tertiary/aromatic N) is 2. The summed E-state index contributed by atoms with van der Waals surface area (Å²) in [5, 5.41) is 10.1. The number of carbonyl (C=O) groups excluding carboxylic acids is 1. The van der Waals surface area contributed by atoms with Crippen LogP contribution in [0.3, 0.4) is 0 Å². The number of hydrogen-bond donors (Lipinski definition) is 2. The fraction of sp³-hybridized carbons (Fsp3) is 0.267. The van der Waals surface area contributed by atoms with Crippen LogP contribution in [0.1, 0.15) is 10.5 Å². The van der Waals surface area contributed by atoms with E-state index in [-0.39, 0.29) is 29.6 Å². The zero-order valence-corrected chi connectivity index (χ0v) is 12.7. The minimum absolute atomic E-state index is 0. The summed E-state index contributed by atoms with van der Waals surface area (Å²) in [5.41, 5.74) is 0.618. The molecule has 2 N–H and O–H groups in total. The van der Waals surface area contributed by atoms with Crippen LogP contribution >= 0.6 is 12.4 Å². The molecule has 1 aromatic heterocycles. The molecule has 1 aromatic carbocycles. The van der Waals surface area contributed by atoms with E-state index in [0.29, 0.717) is 18.2 Å². The van der Waals surface area contributed by atoms with Crippen LogP contribution in [0, 0.1) is 5.92 Å². The lowest BCUT2D eigenvalue weighted by Gasteiger charge is -2.26. The molecule has 2 heterocycles. The van der Waals surface area contributed by atoms with E-state index in [1.54, 1.807) is 12.1 Å². The van der Waals surface area contributed by atoms with Crippen LogP contribution in [-0.2, 0) is 0 Å². The van der Waals surface area contributed by atoms with Gasteiger partial charge in [0.05, 0.1) is 5.69 Å². The van der Waals surface area contributed by atoms with Crippen molar-refractivity contribution in [1.82, 2.24) is 20.4 Å². The van der Waals surface area contributed by atoms with E-state index in [9.17, 15) is 9.59 Å². The zero-order valence-electron chi connectivity index (χ0n) is 11.9. The van der Waals surface area contributed by atoms with E-state index < -0.39 is 0 Å². The Kier molecular flexibility index (Phi) is 5.30. The molecule has 6 nitrogen and oxygen atoms in total. The molecule has 1 saturated heterocycles. The van der Waals surface area contributed by atoms with Crippen molar-refractivity contribution in [3.05, 3.63) is 58.5 Å². The summed E-state index contributed by atoms with van der Waals surface area (Å²) >= 11 is 0. The first-order valence-corrected chi connectivity index (χ1v) is 6.89. The van der Waals surface area contributed by atoms with Gasteiger partial charge in [-0.3, -0.25) is 9.59 Å². The van der Waals surface area contributed by atoms with Crippen LogP contribution in [0.4, 0.5) is 0 Å². The maximum absolute atomic E-state index is 12.1. The summed E-state index contributed by atoms with van der Waals surface area (Å²) in [6.07, 6.45) is 0. The lowest BCUT2D eigenvalue weighted by Crippen LogP contribution is -2.48. The van der Waals surface area contributed by atoms with E-state index in [2.05, 4.69) is 15.7 Å². The monoisotopic (exact) mass is 320 g/mol. The molecular formula is C15H17ClN4O2. The summed E-state index contributed by atoms with van der Waals surface area (Å²) < 4.78 is 1.24. The molecule has 22 heavy (non-hydrogen) atoms. The quantitative estimate of drug-likeness (QED) is 0.865. The molecule has 0 radical (unpaired) electrons. The normalized spacial score (nSPS) is 13.8. The van der Waals surface area contributed by atoms with Gasteiger partial charge in [0.1, 0.15) is 5.69 Å². The summed E-state index contributed by atoms with van der Waals surface area (Å²) in [6.45, 7) is 2.48. The molecule has 116 valence electrons. The third-order valence-corrected chi connectivity index (χ3v) is 3.45. The van der Waals surface area contributed by atoms with Crippen molar-refractivity contribution < 1.29 is 4.79 Å². The van der Waals surface area contributed by atoms with Gasteiger partial charge in [-0.25, -0.2) is 0 Å². The third kappa shape index (κ3) is 3.52. The van der Waals surface area contributed by atoms with E-state index in [1.165, 1.54) is 16.8 Å². The average molecular weight is 321 g/mol. The Bertz CT molecular complexity index is 698. The number of para-hydroxylation sites is 1. The fourth-order valence-corrected chi connectivity index (χ4v) is 2.11. The number of hydrogen-bond acceptors (Lipinski definition) is 4. The standard InChI is InChI=1S/C15H16N4O2.ClH/c20-14-7-6-13(15(21)17-10-11-8-16-9-11)18-19(14)12-4-2-1-3-5-12;/h1-7,11,16H,8-10H2,(H,17,21);1H. The van der Waals surface area contributed by atoms with Crippen molar-refractivity contribution in [2.45, 2.75) is 0 Å². The van der Waals surface area contributed by atoms with Crippen LogP contribution in [0.25, 0.3) is 5.69 Å². The van der Waals surface area contributed by atoms with Crippen molar-refractivity contribution in [3.8, 4) is 5.69 Å². The largest absolute Gasteiger partial charge is 0.350 e.